The molecule has 6 heterocycles. The molecule has 4 aliphatic heterocycles. The number of benzene rings is 2. The normalized spacial score (nSPS) is 24.0. The number of carboxylic acid groups (broad SMARTS) is 1. The van der Waals surface area contributed by atoms with Crippen molar-refractivity contribution in [2.75, 3.05) is 43.0 Å². The lowest BCUT2D eigenvalue weighted by Crippen LogP contribution is -2.55. The summed E-state index contributed by atoms with van der Waals surface area (Å²) in [6.07, 6.45) is -6.02. The van der Waals surface area contributed by atoms with Crippen LogP contribution in [0.25, 0.3) is 32.2 Å². The van der Waals surface area contributed by atoms with Crippen LogP contribution in [0.15, 0.2) is 12.1 Å². The number of nitrogens with zero attached hydrogens (tertiary/aromatic N) is 6. The molecular formula is C36H36F7N7O5S. The molecule has 2 aromatic carbocycles. The van der Waals surface area contributed by atoms with Crippen LogP contribution in [0.4, 0.5) is 51.3 Å². The van der Waals surface area contributed by atoms with Crippen LogP contribution in [-0.2, 0) is 10.9 Å². The molecule has 0 radical (unpaired) electrons. The average Bonchev–Trinajstić information content (AvgIpc) is 3.84. The number of ether oxygens (including phenoxy) is 2. The van der Waals surface area contributed by atoms with Crippen LogP contribution in [0, 0.1) is 17.5 Å². The Morgan fingerprint density at radius 1 is 1.02 bits per heavy atom. The number of halogens is 7. The zero-order chi connectivity index (χ0) is 40.1. The largest absolute Gasteiger partial charge is 0.465 e. The van der Waals surface area contributed by atoms with Gasteiger partial charge in [0.2, 0.25) is 0 Å². The maximum atomic E-state index is 17.2. The number of carbonyl (C=O) groups excluding carboxylic acids is 1. The van der Waals surface area contributed by atoms with Crippen molar-refractivity contribution in [3.8, 4) is 17.1 Å². The summed E-state index contributed by atoms with van der Waals surface area (Å²) < 4.78 is 118. The topological polar surface area (TPSA) is 133 Å². The van der Waals surface area contributed by atoms with Crippen molar-refractivity contribution in [3.63, 3.8) is 0 Å². The van der Waals surface area contributed by atoms with Gasteiger partial charge in [0.25, 0.3) is 0 Å². The fourth-order valence-electron chi connectivity index (χ4n) is 8.67. The summed E-state index contributed by atoms with van der Waals surface area (Å²) in [5.74, 6) is -4.80. The Balaban J connectivity index is 1.30. The van der Waals surface area contributed by atoms with Crippen LogP contribution >= 0.6 is 11.3 Å². The zero-order valence-corrected chi connectivity index (χ0v) is 31.1. The van der Waals surface area contributed by atoms with Gasteiger partial charge < -0.3 is 19.5 Å². The summed E-state index contributed by atoms with van der Waals surface area (Å²) in [4.78, 5) is 42.2. The highest BCUT2D eigenvalue weighted by atomic mass is 32.1. The van der Waals surface area contributed by atoms with E-state index >= 15 is 26.3 Å². The summed E-state index contributed by atoms with van der Waals surface area (Å²) in [6.45, 7) is 5.51. The Morgan fingerprint density at radius 3 is 2.39 bits per heavy atom. The molecule has 300 valence electrons. The van der Waals surface area contributed by atoms with Gasteiger partial charge in [0.05, 0.1) is 33.4 Å². The Hall–Kier alpha value is -4.72. The van der Waals surface area contributed by atoms with Gasteiger partial charge in [-0.15, -0.1) is 0 Å². The van der Waals surface area contributed by atoms with Gasteiger partial charge in [0, 0.05) is 42.6 Å². The van der Waals surface area contributed by atoms with E-state index in [2.05, 4.69) is 20.3 Å². The standard InChI is InChI=1S/C36H36F7N7O5S/c1-34(2,3)55-32(51)47-31-45-27-19(10-22(38)24(39)28(27)56-31)23-21(36(41,42)43)9-20-26(25(23)40)44-30(54-15-35-7-4-8-49(35)12-16(37)11-35)46-29(20)48-13-17-5-6-18(14-48)50(17)33(52)53/h9-10,16-18H,4-8,11-15H2,1-3H3,(H,52,53)(H,45,47,51)/t16-,17?,18?,35+/m1/s1. The van der Waals surface area contributed by atoms with Gasteiger partial charge in [-0.05, 0) is 65.1 Å². The van der Waals surface area contributed by atoms with Crippen molar-refractivity contribution in [1.82, 2.24) is 24.8 Å². The molecule has 12 nitrogen and oxygen atoms in total. The quantitative estimate of drug-likeness (QED) is 0.185. The van der Waals surface area contributed by atoms with Crippen LogP contribution in [0.1, 0.15) is 58.4 Å². The molecule has 0 saturated carbocycles. The van der Waals surface area contributed by atoms with Gasteiger partial charge in [0.1, 0.15) is 29.7 Å². The molecule has 8 rings (SSSR count). The van der Waals surface area contributed by atoms with E-state index in [4.69, 9.17) is 9.47 Å². The number of anilines is 2. The van der Waals surface area contributed by atoms with Gasteiger partial charge in [0.15, 0.2) is 22.6 Å². The summed E-state index contributed by atoms with van der Waals surface area (Å²) in [5.41, 5.74) is -6.40. The van der Waals surface area contributed by atoms with Crippen LogP contribution in [0.5, 0.6) is 6.01 Å². The molecule has 4 fully saturated rings. The number of aromatic nitrogens is 3. The summed E-state index contributed by atoms with van der Waals surface area (Å²) in [6, 6.07) is -0.443. The predicted molar refractivity (Wildman–Crippen MR) is 190 cm³/mol. The lowest BCUT2D eigenvalue weighted by Gasteiger charge is -2.40. The number of nitrogens with one attached hydrogen (secondary N) is 1. The van der Waals surface area contributed by atoms with Crippen molar-refractivity contribution in [2.45, 2.75) is 88.4 Å². The predicted octanol–water partition coefficient (Wildman–Crippen LogP) is 7.98. The Bertz CT molecular complexity index is 2260. The van der Waals surface area contributed by atoms with Gasteiger partial charge in [-0.1, -0.05) is 11.3 Å². The first-order valence-electron chi connectivity index (χ1n) is 18.0. The van der Waals surface area contributed by atoms with Gasteiger partial charge in [-0.2, -0.15) is 23.1 Å². The number of piperazine rings is 1. The number of carbonyl (C=O) groups is 2. The van der Waals surface area contributed by atoms with Crippen LogP contribution in [-0.4, -0.2) is 104 Å². The van der Waals surface area contributed by atoms with Gasteiger partial charge >= 0.3 is 24.4 Å². The molecule has 20 heteroatoms. The fourth-order valence-corrected chi connectivity index (χ4v) is 9.58. The Labute approximate surface area is 318 Å². The molecule has 0 aliphatic carbocycles. The van der Waals surface area contributed by atoms with Crippen molar-refractivity contribution in [3.05, 3.63) is 35.1 Å². The molecule has 2 N–H and O–H groups in total. The summed E-state index contributed by atoms with van der Waals surface area (Å²) in [5, 5.41) is 11.4. The molecule has 56 heavy (non-hydrogen) atoms. The van der Waals surface area contributed by atoms with Crippen molar-refractivity contribution < 1.29 is 54.9 Å². The highest BCUT2D eigenvalue weighted by molar-refractivity contribution is 7.22. The number of alkyl halides is 4. The first-order chi connectivity index (χ1) is 26.3. The van der Waals surface area contributed by atoms with E-state index in [0.29, 0.717) is 49.3 Å². The minimum Gasteiger partial charge on any atom is -0.465 e. The minimum absolute atomic E-state index is 0.0242. The second-order valence-electron chi connectivity index (χ2n) is 15.7. The molecule has 4 aromatic rings. The number of hydrogen-bond acceptors (Lipinski definition) is 10. The van der Waals surface area contributed by atoms with Crippen LogP contribution in [0.2, 0.25) is 0 Å². The molecule has 2 aromatic heterocycles. The van der Waals surface area contributed by atoms with E-state index in [9.17, 15) is 19.1 Å². The molecular weight excluding hydrogens is 775 g/mol. The molecule has 4 saturated heterocycles. The van der Waals surface area contributed by atoms with Gasteiger partial charge in [-0.25, -0.2) is 32.1 Å². The summed E-state index contributed by atoms with van der Waals surface area (Å²) >= 11 is 0.411. The molecule has 2 bridgehead atoms. The molecule has 4 atom stereocenters. The second-order valence-corrected chi connectivity index (χ2v) is 16.7. The van der Waals surface area contributed by atoms with E-state index in [-0.39, 0.29) is 49.0 Å². The van der Waals surface area contributed by atoms with Crippen molar-refractivity contribution >= 4 is 55.6 Å². The van der Waals surface area contributed by atoms with E-state index in [0.717, 1.165) is 6.42 Å². The highest BCUT2D eigenvalue weighted by Gasteiger charge is 2.50. The Kier molecular flexibility index (Phi) is 9.17. The SMILES string of the molecule is CC(C)(C)OC(=O)Nc1nc2c(-c3c(C(F)(F)F)cc4c(N5CC6CCC(C5)N6C(=O)O)nc(OC[C@@]56CCCN5C[C@H](F)C6)nc4c3F)cc(F)c(F)c2s1. The third-order valence-electron chi connectivity index (χ3n) is 10.9. The average molecular weight is 812 g/mol. The summed E-state index contributed by atoms with van der Waals surface area (Å²) in [7, 11) is 0. The lowest BCUT2D eigenvalue weighted by molar-refractivity contribution is -0.137. The number of amides is 2. The number of fused-ring (bicyclic) bond motifs is 5. The first kappa shape index (κ1) is 38.2. The third kappa shape index (κ3) is 6.67. The molecule has 0 spiro atoms. The number of rotatable bonds is 6. The molecule has 2 unspecified atom stereocenters. The minimum atomic E-state index is -5.28. The lowest BCUT2D eigenvalue weighted by atomic mass is 9.94. The van der Waals surface area contributed by atoms with Crippen molar-refractivity contribution in [2.24, 2.45) is 0 Å². The van der Waals surface area contributed by atoms with Gasteiger partial charge in [-0.3, -0.25) is 15.1 Å². The number of thiazole rings is 1. The third-order valence-corrected chi connectivity index (χ3v) is 11.8. The van der Waals surface area contributed by atoms with Crippen LogP contribution in [0.3, 0.4) is 0 Å². The van der Waals surface area contributed by atoms with E-state index in [1.807, 2.05) is 4.90 Å². The van der Waals surface area contributed by atoms with E-state index in [1.165, 1.54) is 4.90 Å². The Morgan fingerprint density at radius 2 is 1.73 bits per heavy atom. The first-order valence-corrected chi connectivity index (χ1v) is 18.8. The van der Waals surface area contributed by atoms with E-state index in [1.54, 1.807) is 25.7 Å². The smallest absolute Gasteiger partial charge is 0.417 e. The van der Waals surface area contributed by atoms with E-state index < -0.39 is 104 Å². The fraction of sp³-hybridized carbons (Fsp3) is 0.528. The molecule has 4 aliphatic rings. The van der Waals surface area contributed by atoms with Crippen LogP contribution < -0.4 is 15.0 Å². The monoisotopic (exact) mass is 811 g/mol. The molecule has 2 amide bonds. The maximum absolute atomic E-state index is 17.2. The zero-order valence-electron chi connectivity index (χ0n) is 30.3. The van der Waals surface area contributed by atoms with Crippen molar-refractivity contribution in [1.29, 1.82) is 0 Å². The maximum Gasteiger partial charge on any atom is 0.417 e. The highest BCUT2D eigenvalue weighted by Crippen LogP contribution is 2.48. The number of hydrogen-bond donors (Lipinski definition) is 2. The second kappa shape index (κ2) is 13.5.